The summed E-state index contributed by atoms with van der Waals surface area (Å²) in [6, 6.07) is 7.83. The van der Waals surface area contributed by atoms with E-state index in [1.807, 2.05) is 6.07 Å². The van der Waals surface area contributed by atoms with Crippen molar-refractivity contribution in [3.63, 3.8) is 0 Å². The molecule has 7 heteroatoms. The molecule has 0 spiro atoms. The van der Waals surface area contributed by atoms with Crippen molar-refractivity contribution in [1.82, 2.24) is 9.47 Å². The molecule has 120 valence electrons. The van der Waals surface area contributed by atoms with E-state index in [1.54, 1.807) is 24.3 Å². The Bertz CT molecular complexity index is 833. The number of rotatable bonds is 3. The van der Waals surface area contributed by atoms with Crippen molar-refractivity contribution in [3.8, 4) is 0 Å². The van der Waals surface area contributed by atoms with E-state index in [4.69, 9.17) is 5.73 Å². The molecule has 6 nitrogen and oxygen atoms in total. The van der Waals surface area contributed by atoms with Crippen LogP contribution in [-0.4, -0.2) is 40.0 Å². The number of likely N-dealkylation sites (tertiary alicyclic amines) is 1. The number of amides is 2. The number of aromatic nitrogens is 1. The van der Waals surface area contributed by atoms with Crippen LogP contribution in [0.1, 0.15) is 6.42 Å². The minimum absolute atomic E-state index is 0.0896. The molecule has 1 aliphatic heterocycles. The third-order valence-electron chi connectivity index (χ3n) is 4.09. The van der Waals surface area contributed by atoms with E-state index >= 15 is 0 Å². The molecule has 1 aromatic carbocycles. The SMILES string of the molecule is NC(=O)[C@@H]1C[C@@H](F)CN1C(=O)Cn1ccc2ccccc2c1=O. The molecule has 1 saturated heterocycles. The highest BCUT2D eigenvalue weighted by molar-refractivity contribution is 5.87. The molecule has 2 heterocycles. The van der Waals surface area contributed by atoms with Gasteiger partial charge in [0.25, 0.3) is 5.56 Å². The standard InChI is InChI=1S/C16H16FN3O3/c17-11-7-13(15(18)22)20(8-11)14(21)9-19-6-5-10-3-1-2-4-12(10)16(19)23/h1-6,11,13H,7-9H2,(H2,18,22)/t11-,13+/m1/s1. The van der Waals surface area contributed by atoms with Crippen molar-refractivity contribution in [2.24, 2.45) is 5.73 Å². The summed E-state index contributed by atoms with van der Waals surface area (Å²) in [5.74, 6) is -1.23. The van der Waals surface area contributed by atoms with Gasteiger partial charge in [-0.05, 0) is 17.5 Å². The fraction of sp³-hybridized carbons (Fsp3) is 0.312. The number of alkyl halides is 1. The van der Waals surface area contributed by atoms with Crippen molar-refractivity contribution < 1.29 is 14.0 Å². The first kappa shape index (κ1) is 15.2. The Morgan fingerprint density at radius 2 is 2.00 bits per heavy atom. The Morgan fingerprint density at radius 3 is 2.74 bits per heavy atom. The molecule has 2 atom stereocenters. The zero-order valence-electron chi connectivity index (χ0n) is 12.3. The largest absolute Gasteiger partial charge is 0.368 e. The van der Waals surface area contributed by atoms with Gasteiger partial charge in [0.1, 0.15) is 18.8 Å². The molecule has 0 aliphatic carbocycles. The third-order valence-corrected chi connectivity index (χ3v) is 4.09. The summed E-state index contributed by atoms with van der Waals surface area (Å²) >= 11 is 0. The van der Waals surface area contributed by atoms with Crippen molar-refractivity contribution in [2.75, 3.05) is 6.54 Å². The Hall–Kier alpha value is -2.70. The maximum absolute atomic E-state index is 13.5. The maximum atomic E-state index is 13.5. The summed E-state index contributed by atoms with van der Waals surface area (Å²) in [5, 5.41) is 1.28. The molecule has 0 saturated carbocycles. The second-order valence-corrected chi connectivity index (χ2v) is 5.63. The Morgan fingerprint density at radius 1 is 1.26 bits per heavy atom. The van der Waals surface area contributed by atoms with Crippen LogP contribution in [0, 0.1) is 0 Å². The molecule has 1 aromatic heterocycles. The van der Waals surface area contributed by atoms with Gasteiger partial charge in [0.05, 0.1) is 6.54 Å². The van der Waals surface area contributed by atoms with E-state index in [2.05, 4.69) is 0 Å². The third kappa shape index (κ3) is 2.81. The summed E-state index contributed by atoms with van der Waals surface area (Å²) in [7, 11) is 0. The van der Waals surface area contributed by atoms with Crippen molar-refractivity contribution in [3.05, 3.63) is 46.9 Å². The quantitative estimate of drug-likeness (QED) is 0.890. The summed E-state index contributed by atoms with van der Waals surface area (Å²) < 4.78 is 14.8. The van der Waals surface area contributed by atoms with Gasteiger partial charge in [-0.15, -0.1) is 0 Å². The number of hydrogen-bond acceptors (Lipinski definition) is 3. The molecule has 0 unspecified atom stereocenters. The first-order chi connectivity index (χ1) is 11.0. The summed E-state index contributed by atoms with van der Waals surface area (Å²) in [6.45, 7) is -0.422. The number of nitrogens with two attached hydrogens (primary N) is 1. The summed E-state index contributed by atoms with van der Waals surface area (Å²) in [6.07, 6.45) is 0.156. The highest BCUT2D eigenvalue weighted by Crippen LogP contribution is 2.20. The van der Waals surface area contributed by atoms with Crippen LogP contribution in [0.25, 0.3) is 10.8 Å². The zero-order valence-corrected chi connectivity index (χ0v) is 12.3. The zero-order chi connectivity index (χ0) is 16.6. The van der Waals surface area contributed by atoms with Crippen LogP contribution in [0.15, 0.2) is 41.3 Å². The molecule has 1 aliphatic rings. The van der Waals surface area contributed by atoms with Gasteiger partial charge in [-0.25, -0.2) is 4.39 Å². The number of hydrogen-bond donors (Lipinski definition) is 1. The number of benzene rings is 1. The van der Waals surface area contributed by atoms with Gasteiger partial charge in [0, 0.05) is 18.0 Å². The van der Waals surface area contributed by atoms with Crippen LogP contribution in [0.3, 0.4) is 0 Å². The van der Waals surface area contributed by atoms with Crippen LogP contribution in [-0.2, 0) is 16.1 Å². The van der Waals surface area contributed by atoms with E-state index in [-0.39, 0.29) is 25.1 Å². The number of fused-ring (bicyclic) bond motifs is 1. The molecular formula is C16H16FN3O3. The number of primary amides is 1. The van der Waals surface area contributed by atoms with Crippen molar-refractivity contribution in [2.45, 2.75) is 25.2 Å². The fourth-order valence-electron chi connectivity index (χ4n) is 2.92. The average molecular weight is 317 g/mol. The van der Waals surface area contributed by atoms with E-state index in [0.717, 1.165) is 10.3 Å². The van der Waals surface area contributed by atoms with Gasteiger partial charge in [0.15, 0.2) is 0 Å². The van der Waals surface area contributed by atoms with E-state index < -0.39 is 24.0 Å². The number of carbonyl (C=O) groups excluding carboxylic acids is 2. The molecule has 2 amide bonds. The number of pyridine rings is 1. The van der Waals surface area contributed by atoms with Crippen molar-refractivity contribution >= 4 is 22.6 Å². The van der Waals surface area contributed by atoms with Gasteiger partial charge in [-0.1, -0.05) is 18.2 Å². The van der Waals surface area contributed by atoms with Gasteiger partial charge >= 0.3 is 0 Å². The van der Waals surface area contributed by atoms with Crippen LogP contribution < -0.4 is 11.3 Å². The monoisotopic (exact) mass is 317 g/mol. The van der Waals surface area contributed by atoms with Crippen LogP contribution in [0.2, 0.25) is 0 Å². The minimum Gasteiger partial charge on any atom is -0.368 e. The lowest BCUT2D eigenvalue weighted by Gasteiger charge is -2.22. The van der Waals surface area contributed by atoms with Crippen LogP contribution in [0.4, 0.5) is 4.39 Å². The molecule has 1 fully saturated rings. The lowest BCUT2D eigenvalue weighted by Crippen LogP contribution is -2.45. The molecular weight excluding hydrogens is 301 g/mol. The normalized spacial score (nSPS) is 20.8. The maximum Gasteiger partial charge on any atom is 0.258 e. The predicted octanol–water partition coefficient (Wildman–Crippen LogP) is 0.426. The van der Waals surface area contributed by atoms with Crippen LogP contribution in [0.5, 0.6) is 0 Å². The number of carbonyl (C=O) groups is 2. The van der Waals surface area contributed by atoms with Crippen molar-refractivity contribution in [1.29, 1.82) is 0 Å². The lowest BCUT2D eigenvalue weighted by molar-refractivity contribution is -0.137. The highest BCUT2D eigenvalue weighted by Gasteiger charge is 2.38. The summed E-state index contributed by atoms with van der Waals surface area (Å²) in [5.41, 5.74) is 4.92. The molecule has 0 bridgehead atoms. The lowest BCUT2D eigenvalue weighted by atomic mass is 10.2. The second-order valence-electron chi connectivity index (χ2n) is 5.63. The first-order valence-corrected chi connectivity index (χ1v) is 7.28. The Labute approximate surface area is 131 Å². The van der Waals surface area contributed by atoms with Gasteiger partial charge < -0.3 is 15.2 Å². The minimum atomic E-state index is -1.27. The Kier molecular flexibility index (Phi) is 3.85. The van der Waals surface area contributed by atoms with Crippen LogP contribution >= 0.6 is 0 Å². The van der Waals surface area contributed by atoms with Gasteiger partial charge in [-0.3, -0.25) is 14.4 Å². The van der Waals surface area contributed by atoms with E-state index in [1.165, 1.54) is 10.8 Å². The van der Waals surface area contributed by atoms with Gasteiger partial charge in [0.2, 0.25) is 11.8 Å². The molecule has 2 N–H and O–H groups in total. The fourth-order valence-corrected chi connectivity index (χ4v) is 2.92. The first-order valence-electron chi connectivity index (χ1n) is 7.28. The molecule has 0 radical (unpaired) electrons. The Balaban J connectivity index is 1.87. The number of nitrogens with zero attached hydrogens (tertiary/aromatic N) is 2. The smallest absolute Gasteiger partial charge is 0.258 e. The van der Waals surface area contributed by atoms with E-state index in [0.29, 0.717) is 5.39 Å². The highest BCUT2D eigenvalue weighted by atomic mass is 19.1. The van der Waals surface area contributed by atoms with Gasteiger partial charge in [-0.2, -0.15) is 0 Å². The molecule has 23 heavy (non-hydrogen) atoms. The molecule has 2 aromatic rings. The topological polar surface area (TPSA) is 85.4 Å². The number of halogens is 1. The predicted molar refractivity (Wildman–Crippen MR) is 82.4 cm³/mol. The molecule has 3 rings (SSSR count). The summed E-state index contributed by atoms with van der Waals surface area (Å²) in [4.78, 5) is 37.2. The second kappa shape index (κ2) is 5.83. The van der Waals surface area contributed by atoms with E-state index in [9.17, 15) is 18.8 Å². The average Bonchev–Trinajstić information content (AvgIpc) is 2.93.